The van der Waals surface area contributed by atoms with Crippen molar-refractivity contribution in [2.45, 2.75) is 65.1 Å². The first-order valence-corrected chi connectivity index (χ1v) is 12.1. The molecule has 0 radical (unpaired) electrons. The number of carbonyl (C=O) groups excluding carboxylic acids is 1. The monoisotopic (exact) mass is 386 g/mol. The lowest BCUT2D eigenvalue weighted by molar-refractivity contribution is -0.935. The van der Waals surface area contributed by atoms with Crippen molar-refractivity contribution in [2.75, 3.05) is 39.0 Å². The molecule has 0 aliphatic carbocycles. The van der Waals surface area contributed by atoms with Gasteiger partial charge in [-0.3, -0.25) is 0 Å². The van der Waals surface area contributed by atoms with Crippen LogP contribution in [0.1, 0.15) is 52.9 Å². The second kappa shape index (κ2) is 9.99. The standard InChI is InChI=1S/C19H36NO5Si/c1-5-9-17-14-20(11-7-3)12-13-23-26(24-17,16-22-19(21)8-4)25-18(15-20)10-6-2/h8,17-18H,4-7,9-16H2,1-3H3/q+1. The fourth-order valence-corrected chi connectivity index (χ4v) is 6.77. The molecular weight excluding hydrogens is 350 g/mol. The van der Waals surface area contributed by atoms with Crippen molar-refractivity contribution in [3.63, 3.8) is 0 Å². The molecule has 2 atom stereocenters. The number of fused-ring (bicyclic) bond motifs is 6. The molecule has 0 saturated carbocycles. The minimum Gasteiger partial charge on any atom is -0.458 e. The fourth-order valence-electron chi connectivity index (χ4n) is 4.24. The van der Waals surface area contributed by atoms with Crippen molar-refractivity contribution < 1.29 is 27.3 Å². The van der Waals surface area contributed by atoms with Gasteiger partial charge in [0, 0.05) is 6.08 Å². The molecule has 0 aromatic rings. The van der Waals surface area contributed by atoms with E-state index in [0.29, 0.717) is 6.61 Å². The van der Waals surface area contributed by atoms with E-state index < -0.39 is 14.8 Å². The lowest BCUT2D eigenvalue weighted by Gasteiger charge is -2.50. The Balaban J connectivity index is 2.29. The summed E-state index contributed by atoms with van der Waals surface area (Å²) >= 11 is 0. The molecule has 0 aromatic carbocycles. The first kappa shape index (κ1) is 21.6. The van der Waals surface area contributed by atoms with Gasteiger partial charge in [0.25, 0.3) is 0 Å². The predicted molar refractivity (Wildman–Crippen MR) is 102 cm³/mol. The number of hydrogen-bond donors (Lipinski definition) is 0. The third-order valence-corrected chi connectivity index (χ3v) is 7.77. The van der Waals surface area contributed by atoms with Crippen LogP contribution in [0.5, 0.6) is 0 Å². The molecule has 26 heavy (non-hydrogen) atoms. The number of carbonyl (C=O) groups is 1. The van der Waals surface area contributed by atoms with Gasteiger partial charge < -0.3 is 22.5 Å². The van der Waals surface area contributed by atoms with Gasteiger partial charge >= 0.3 is 14.8 Å². The van der Waals surface area contributed by atoms with E-state index in [-0.39, 0.29) is 18.4 Å². The summed E-state index contributed by atoms with van der Waals surface area (Å²) in [5.74, 6) is -0.456. The SMILES string of the molecule is C=CC(=O)OC[Si]12OCC[N+](CCC)(CC(CCC)O1)CC(CCC)O2. The zero-order valence-electron chi connectivity index (χ0n) is 16.7. The molecule has 6 nitrogen and oxygen atoms in total. The van der Waals surface area contributed by atoms with Gasteiger partial charge in [0.2, 0.25) is 0 Å². The Morgan fingerprint density at radius 2 is 1.77 bits per heavy atom. The van der Waals surface area contributed by atoms with Gasteiger partial charge in [-0.15, -0.1) is 0 Å². The second-order valence-corrected chi connectivity index (χ2v) is 9.97. The van der Waals surface area contributed by atoms with E-state index >= 15 is 0 Å². The van der Waals surface area contributed by atoms with Crippen LogP contribution in [0.15, 0.2) is 12.7 Å². The first-order chi connectivity index (χ1) is 12.5. The lowest BCUT2D eigenvalue weighted by Crippen LogP contribution is -2.69. The molecule has 0 N–H and O–H groups in total. The number of esters is 1. The Hall–Kier alpha value is -0.733. The third-order valence-electron chi connectivity index (χ3n) is 5.24. The predicted octanol–water partition coefficient (Wildman–Crippen LogP) is 2.83. The topological polar surface area (TPSA) is 54.0 Å². The number of ether oxygens (including phenoxy) is 1. The molecule has 0 amide bonds. The van der Waals surface area contributed by atoms with E-state index in [0.717, 1.165) is 62.8 Å². The molecule has 0 aromatic heterocycles. The highest BCUT2D eigenvalue weighted by Crippen LogP contribution is 2.30. The maximum absolute atomic E-state index is 11.6. The van der Waals surface area contributed by atoms with Crippen LogP contribution in [0.3, 0.4) is 0 Å². The van der Waals surface area contributed by atoms with E-state index in [1.54, 1.807) is 0 Å². The van der Waals surface area contributed by atoms with Crippen LogP contribution < -0.4 is 0 Å². The van der Waals surface area contributed by atoms with E-state index in [9.17, 15) is 4.79 Å². The Bertz CT molecular complexity index is 455. The summed E-state index contributed by atoms with van der Waals surface area (Å²) < 4.78 is 25.6. The van der Waals surface area contributed by atoms with Gasteiger partial charge in [-0.25, -0.2) is 4.79 Å². The normalized spacial score (nSPS) is 34.6. The summed E-state index contributed by atoms with van der Waals surface area (Å²) in [6, 6.07) is 0. The number of rotatable bonds is 9. The fraction of sp³-hybridized carbons (Fsp3) is 0.842. The quantitative estimate of drug-likeness (QED) is 0.264. The van der Waals surface area contributed by atoms with E-state index in [1.807, 2.05) is 0 Å². The molecule has 3 heterocycles. The Morgan fingerprint density at radius 1 is 1.15 bits per heavy atom. The minimum atomic E-state index is -3.06. The number of nitrogens with zero attached hydrogens (tertiary/aromatic N) is 1. The molecule has 3 rings (SSSR count). The van der Waals surface area contributed by atoms with Gasteiger partial charge in [0.15, 0.2) is 6.23 Å². The zero-order valence-corrected chi connectivity index (χ0v) is 17.7. The highest BCUT2D eigenvalue weighted by Gasteiger charge is 2.54. The van der Waals surface area contributed by atoms with Crippen LogP contribution >= 0.6 is 0 Å². The minimum absolute atomic E-state index is 0.0755. The zero-order chi connectivity index (χ0) is 19.0. The van der Waals surface area contributed by atoms with E-state index in [1.165, 1.54) is 6.08 Å². The smallest absolute Gasteiger partial charge is 0.458 e. The maximum Gasteiger partial charge on any atom is 0.541 e. The van der Waals surface area contributed by atoms with Crippen molar-refractivity contribution in [2.24, 2.45) is 0 Å². The Kier molecular flexibility index (Phi) is 8.28. The van der Waals surface area contributed by atoms with Crippen molar-refractivity contribution in [1.82, 2.24) is 0 Å². The van der Waals surface area contributed by atoms with Crippen molar-refractivity contribution in [3.8, 4) is 0 Å². The van der Waals surface area contributed by atoms with Crippen LogP contribution in [0.2, 0.25) is 0 Å². The first-order valence-electron chi connectivity index (χ1n) is 10.1. The van der Waals surface area contributed by atoms with Crippen LogP contribution in [0.25, 0.3) is 0 Å². The van der Waals surface area contributed by atoms with Crippen LogP contribution in [-0.2, 0) is 22.8 Å². The molecule has 3 aliphatic heterocycles. The Labute approximate surface area is 159 Å². The summed E-state index contributed by atoms with van der Waals surface area (Å²) in [4.78, 5) is 11.6. The average molecular weight is 387 g/mol. The highest BCUT2D eigenvalue weighted by molar-refractivity contribution is 6.61. The number of hydrogen-bond acceptors (Lipinski definition) is 5. The van der Waals surface area contributed by atoms with Gasteiger partial charge in [0.1, 0.15) is 19.6 Å². The molecule has 7 heteroatoms. The summed E-state index contributed by atoms with van der Waals surface area (Å²) in [7, 11) is -3.06. The lowest BCUT2D eigenvalue weighted by atomic mass is 10.1. The average Bonchev–Trinajstić information content (AvgIpc) is 2.57. The Morgan fingerprint density at radius 3 is 2.27 bits per heavy atom. The van der Waals surface area contributed by atoms with Gasteiger partial charge in [-0.05, 0) is 19.3 Å². The third kappa shape index (κ3) is 5.63. The van der Waals surface area contributed by atoms with E-state index in [4.69, 9.17) is 18.0 Å². The summed E-state index contributed by atoms with van der Waals surface area (Å²) in [6.07, 6.45) is 6.60. The number of quaternary nitrogens is 1. The molecule has 3 fully saturated rings. The summed E-state index contributed by atoms with van der Waals surface area (Å²) in [5, 5.41) is 0. The van der Waals surface area contributed by atoms with Crippen molar-refractivity contribution >= 4 is 14.8 Å². The second-order valence-electron chi connectivity index (χ2n) is 7.55. The van der Waals surface area contributed by atoms with Crippen molar-refractivity contribution in [1.29, 1.82) is 0 Å². The van der Waals surface area contributed by atoms with Gasteiger partial charge in [0.05, 0.1) is 25.4 Å². The molecule has 0 spiro atoms. The van der Waals surface area contributed by atoms with Crippen LogP contribution in [0, 0.1) is 0 Å². The molecule has 150 valence electrons. The van der Waals surface area contributed by atoms with Gasteiger partial charge in [-0.2, -0.15) is 0 Å². The maximum atomic E-state index is 11.6. The molecule has 3 aliphatic rings. The molecular formula is C19H36NO5Si+. The molecule has 2 unspecified atom stereocenters. The van der Waals surface area contributed by atoms with Gasteiger partial charge in [-0.1, -0.05) is 40.2 Å². The van der Waals surface area contributed by atoms with Crippen molar-refractivity contribution in [3.05, 3.63) is 12.7 Å². The summed E-state index contributed by atoms with van der Waals surface area (Å²) in [5.41, 5.74) is 0. The molecule has 2 bridgehead atoms. The molecule has 3 saturated heterocycles. The van der Waals surface area contributed by atoms with Crippen LogP contribution in [0.4, 0.5) is 0 Å². The van der Waals surface area contributed by atoms with Crippen LogP contribution in [-0.4, -0.2) is 70.5 Å². The highest BCUT2D eigenvalue weighted by atomic mass is 28.4. The van der Waals surface area contributed by atoms with E-state index in [2.05, 4.69) is 27.4 Å². The summed E-state index contributed by atoms with van der Waals surface area (Å²) in [6.45, 7) is 14.7. The largest absolute Gasteiger partial charge is 0.541 e.